The first kappa shape index (κ1) is 23.9. The molecule has 0 rings (SSSR count). The van der Waals surface area contributed by atoms with E-state index in [9.17, 15) is 4.79 Å². The summed E-state index contributed by atoms with van der Waals surface area (Å²) in [5.41, 5.74) is 0. The molecule has 0 spiro atoms. The van der Waals surface area contributed by atoms with Crippen molar-refractivity contribution in [3.8, 4) is 0 Å². The van der Waals surface area contributed by atoms with Gasteiger partial charge < -0.3 is 4.43 Å². The first-order chi connectivity index (χ1) is 11.2. The van der Waals surface area contributed by atoms with Gasteiger partial charge in [0.1, 0.15) is 0 Å². The molecule has 24 heavy (non-hydrogen) atoms. The van der Waals surface area contributed by atoms with E-state index >= 15 is 0 Å². The van der Waals surface area contributed by atoms with Gasteiger partial charge in [0.2, 0.25) is 7.83 Å². The Bertz CT molecular complexity index is 322. The summed E-state index contributed by atoms with van der Waals surface area (Å²) in [6.07, 6.45) is 16.6. The molecule has 0 aliphatic carbocycles. The maximum Gasteiger partial charge on any atom is 0.292 e. The Labute approximate surface area is 154 Å². The summed E-state index contributed by atoms with van der Waals surface area (Å²) in [6, 6.07) is 0. The van der Waals surface area contributed by atoms with Gasteiger partial charge in [0.15, 0.2) is 0 Å². The van der Waals surface area contributed by atoms with E-state index in [1.165, 1.54) is 70.6 Å². The first-order valence-electron chi connectivity index (χ1n) is 10.4. The van der Waals surface area contributed by atoms with Gasteiger partial charge in [-0.15, -0.1) is 0 Å². The van der Waals surface area contributed by atoms with E-state index in [1.54, 1.807) is 0 Å². The number of carbonyl (C=O) groups is 1. The van der Waals surface area contributed by atoms with Gasteiger partial charge in [0, 0.05) is 6.42 Å². The lowest BCUT2D eigenvalue weighted by atomic mass is 10.0. The Kier molecular flexibility index (Phi) is 13.1. The number of hydrogen-bond donors (Lipinski definition) is 0. The van der Waals surface area contributed by atoms with Crippen molar-refractivity contribution in [1.29, 1.82) is 0 Å². The molecule has 4 heteroatoms. The average Bonchev–Trinajstić information content (AvgIpc) is 2.46. The summed E-state index contributed by atoms with van der Waals surface area (Å²) in [5.74, 6) is 0.0566. The third-order valence-corrected chi connectivity index (χ3v) is 20.9. The van der Waals surface area contributed by atoms with Gasteiger partial charge in [-0.25, -0.2) is 0 Å². The van der Waals surface area contributed by atoms with Gasteiger partial charge in [-0.05, 0) is 19.5 Å². The van der Waals surface area contributed by atoms with Crippen molar-refractivity contribution in [2.75, 3.05) is 0 Å². The minimum Gasteiger partial charge on any atom is -0.522 e. The lowest BCUT2D eigenvalue weighted by Crippen LogP contribution is -2.55. The van der Waals surface area contributed by atoms with Crippen LogP contribution in [0.1, 0.15) is 90.4 Å². The zero-order valence-corrected chi connectivity index (χ0v) is 19.5. The van der Waals surface area contributed by atoms with Crippen molar-refractivity contribution >= 4 is 21.4 Å². The van der Waals surface area contributed by atoms with E-state index in [-0.39, 0.29) is 5.97 Å². The van der Waals surface area contributed by atoms with Crippen molar-refractivity contribution in [2.45, 2.75) is 123 Å². The molecule has 144 valence electrons. The van der Waals surface area contributed by atoms with E-state index < -0.39 is 15.4 Å². The molecule has 0 radical (unpaired) electrons. The summed E-state index contributed by atoms with van der Waals surface area (Å²) < 4.78 is 5.86. The predicted octanol–water partition coefficient (Wildman–Crippen LogP) is 7.24. The van der Waals surface area contributed by atoms with Gasteiger partial charge in [-0.3, -0.25) is 4.79 Å². The Morgan fingerprint density at radius 3 is 1.42 bits per heavy atom. The second-order valence-corrected chi connectivity index (χ2v) is 24.7. The van der Waals surface area contributed by atoms with E-state index in [1.807, 2.05) is 0 Å². The Hall–Kier alpha value is -0.0962. The topological polar surface area (TPSA) is 26.3 Å². The summed E-state index contributed by atoms with van der Waals surface area (Å²) in [5, 5.41) is 0. The third-order valence-electron chi connectivity index (χ3n) is 5.41. The molecule has 0 bridgehead atoms. The largest absolute Gasteiger partial charge is 0.522 e. The van der Waals surface area contributed by atoms with Crippen LogP contribution in [-0.2, 0) is 9.22 Å². The summed E-state index contributed by atoms with van der Waals surface area (Å²) in [6.45, 7) is 13.6. The molecule has 0 aromatic rings. The number of carbonyl (C=O) groups excluding carboxylic acids is 1. The lowest BCUT2D eigenvalue weighted by Gasteiger charge is -2.34. The molecule has 0 fully saturated rings. The van der Waals surface area contributed by atoms with E-state index in [4.69, 9.17) is 4.43 Å². The fraction of sp³-hybridized carbons (Fsp3) is 0.950. The number of rotatable bonds is 15. The highest BCUT2D eigenvalue weighted by atomic mass is 29.3. The molecule has 0 unspecified atom stereocenters. The van der Waals surface area contributed by atoms with Crippen LogP contribution in [0.2, 0.25) is 32.7 Å². The van der Waals surface area contributed by atoms with Crippen LogP contribution in [0.25, 0.3) is 0 Å². The Balaban J connectivity index is 3.46. The molecule has 0 heterocycles. The van der Waals surface area contributed by atoms with Crippen LogP contribution in [0.3, 0.4) is 0 Å². The van der Waals surface area contributed by atoms with E-state index in [2.05, 4.69) is 39.7 Å². The molecule has 0 saturated carbocycles. The fourth-order valence-corrected chi connectivity index (χ4v) is 4.84. The molecule has 0 amide bonds. The second-order valence-electron chi connectivity index (χ2n) is 8.87. The SMILES string of the molecule is CCCCCCCCCCCCCCC(=O)O[Si](C)(C)[Si](C)(C)C. The van der Waals surface area contributed by atoms with Gasteiger partial charge in [-0.2, -0.15) is 0 Å². The average molecular weight is 373 g/mol. The van der Waals surface area contributed by atoms with Gasteiger partial charge in [0.25, 0.3) is 5.97 Å². The van der Waals surface area contributed by atoms with Crippen LogP contribution in [-0.4, -0.2) is 21.4 Å². The minimum atomic E-state index is -1.78. The normalized spacial score (nSPS) is 12.4. The zero-order valence-electron chi connectivity index (χ0n) is 17.5. The van der Waals surface area contributed by atoms with Crippen molar-refractivity contribution in [2.24, 2.45) is 0 Å². The molecule has 0 saturated heterocycles. The van der Waals surface area contributed by atoms with Crippen molar-refractivity contribution in [3.63, 3.8) is 0 Å². The van der Waals surface area contributed by atoms with Gasteiger partial charge in [-0.1, -0.05) is 97.2 Å². The summed E-state index contributed by atoms with van der Waals surface area (Å²) in [7, 11) is -3.12. The van der Waals surface area contributed by atoms with Crippen molar-refractivity contribution in [3.05, 3.63) is 0 Å². The van der Waals surface area contributed by atoms with Crippen LogP contribution in [0, 0.1) is 0 Å². The van der Waals surface area contributed by atoms with E-state index in [0.717, 1.165) is 6.42 Å². The lowest BCUT2D eigenvalue weighted by molar-refractivity contribution is -0.135. The molecule has 0 atom stereocenters. The van der Waals surface area contributed by atoms with Gasteiger partial charge in [0.05, 0.1) is 7.59 Å². The molecule has 2 nitrogen and oxygen atoms in total. The molecule has 0 aromatic heterocycles. The highest BCUT2D eigenvalue weighted by Gasteiger charge is 2.41. The maximum atomic E-state index is 12.0. The minimum absolute atomic E-state index is 0.0566. The monoisotopic (exact) mass is 372 g/mol. The third kappa shape index (κ3) is 12.3. The molecule has 0 N–H and O–H groups in total. The Morgan fingerprint density at radius 2 is 1.04 bits per heavy atom. The second kappa shape index (κ2) is 13.2. The van der Waals surface area contributed by atoms with Crippen LogP contribution in [0.4, 0.5) is 0 Å². The van der Waals surface area contributed by atoms with Gasteiger partial charge >= 0.3 is 0 Å². The predicted molar refractivity (Wildman–Crippen MR) is 113 cm³/mol. The quantitative estimate of drug-likeness (QED) is 0.223. The summed E-state index contributed by atoms with van der Waals surface area (Å²) >= 11 is 0. The number of unbranched alkanes of at least 4 members (excludes halogenated alkanes) is 11. The highest BCUT2D eigenvalue weighted by Crippen LogP contribution is 2.21. The number of hydrogen-bond acceptors (Lipinski definition) is 2. The van der Waals surface area contributed by atoms with Crippen molar-refractivity contribution < 1.29 is 9.22 Å². The van der Waals surface area contributed by atoms with E-state index in [0.29, 0.717) is 6.42 Å². The van der Waals surface area contributed by atoms with Crippen molar-refractivity contribution in [1.82, 2.24) is 0 Å². The molecular formula is C20H44O2Si2. The highest BCUT2D eigenvalue weighted by molar-refractivity contribution is 7.38. The maximum absolute atomic E-state index is 12.0. The fourth-order valence-electron chi connectivity index (χ4n) is 2.60. The molecule has 0 aromatic carbocycles. The summed E-state index contributed by atoms with van der Waals surface area (Å²) in [4.78, 5) is 12.0. The van der Waals surface area contributed by atoms with Crippen LogP contribution in [0.5, 0.6) is 0 Å². The zero-order chi connectivity index (χ0) is 18.5. The first-order valence-corrected chi connectivity index (χ1v) is 17.8. The Morgan fingerprint density at radius 1 is 0.667 bits per heavy atom. The van der Waals surface area contributed by atoms with Crippen LogP contribution in [0.15, 0.2) is 0 Å². The van der Waals surface area contributed by atoms with Crippen LogP contribution >= 0.6 is 0 Å². The smallest absolute Gasteiger partial charge is 0.292 e. The van der Waals surface area contributed by atoms with Crippen LogP contribution < -0.4 is 0 Å². The molecular weight excluding hydrogens is 328 g/mol. The molecule has 0 aliphatic heterocycles. The molecule has 0 aliphatic rings. The standard InChI is InChI=1S/C20H44O2Si2/c1-7-8-9-10-11-12-13-14-15-16-17-18-19-20(21)22-24(5,6)23(2,3)4/h7-19H2,1-6H3.